The molecular formula is C30H36N2. The zero-order valence-electron chi connectivity index (χ0n) is 20.1. The number of hydrogen-bond acceptors (Lipinski definition) is 2. The lowest BCUT2D eigenvalue weighted by Gasteiger charge is -2.21. The molecule has 0 heterocycles. The Kier molecular flexibility index (Phi) is 8.98. The van der Waals surface area contributed by atoms with Crippen LogP contribution in [0.2, 0.25) is 0 Å². The first-order valence-electron chi connectivity index (χ1n) is 12.1. The third-order valence-electron chi connectivity index (χ3n) is 6.07. The van der Waals surface area contributed by atoms with Crippen LogP contribution in [0.1, 0.15) is 61.1 Å². The summed E-state index contributed by atoms with van der Waals surface area (Å²) in [6.45, 7) is 8.97. The van der Waals surface area contributed by atoms with Gasteiger partial charge in [-0.1, -0.05) is 88.4 Å². The molecule has 0 saturated carbocycles. The van der Waals surface area contributed by atoms with Crippen molar-refractivity contribution in [3.8, 4) is 0 Å². The van der Waals surface area contributed by atoms with Crippen molar-refractivity contribution in [1.82, 2.24) is 0 Å². The van der Waals surface area contributed by atoms with Crippen LogP contribution in [0.4, 0.5) is 11.4 Å². The van der Waals surface area contributed by atoms with Crippen LogP contribution in [0.15, 0.2) is 70.6 Å². The van der Waals surface area contributed by atoms with Crippen LogP contribution >= 0.6 is 0 Å². The molecule has 3 aromatic carbocycles. The summed E-state index contributed by atoms with van der Waals surface area (Å²) < 4.78 is 0. The molecule has 0 fully saturated rings. The van der Waals surface area contributed by atoms with E-state index in [9.17, 15) is 0 Å². The molecule has 0 bridgehead atoms. The van der Waals surface area contributed by atoms with Gasteiger partial charge in [0, 0.05) is 25.3 Å². The van der Waals surface area contributed by atoms with Crippen LogP contribution in [-0.2, 0) is 38.5 Å². The van der Waals surface area contributed by atoms with E-state index >= 15 is 0 Å². The second-order valence-electron chi connectivity index (χ2n) is 8.03. The molecule has 166 valence electrons. The maximum atomic E-state index is 5.05. The Labute approximate surface area is 194 Å². The average molecular weight is 425 g/mol. The van der Waals surface area contributed by atoms with E-state index < -0.39 is 0 Å². The molecule has 3 aromatic rings. The number of nitrogens with zero attached hydrogens (tertiary/aromatic N) is 2. The molecule has 0 N–H and O–H groups in total. The molecule has 2 nitrogen and oxygen atoms in total. The molecule has 0 amide bonds. The molecule has 0 spiro atoms. The molecule has 0 saturated heterocycles. The van der Waals surface area contributed by atoms with Gasteiger partial charge in [0.15, 0.2) is 0 Å². The first-order valence-corrected chi connectivity index (χ1v) is 12.1. The van der Waals surface area contributed by atoms with Gasteiger partial charge in [0.05, 0.1) is 11.4 Å². The third-order valence-corrected chi connectivity index (χ3v) is 6.07. The monoisotopic (exact) mass is 424 g/mol. The normalized spacial score (nSPS) is 11.6. The quantitative estimate of drug-likeness (QED) is 0.296. The van der Waals surface area contributed by atoms with Crippen molar-refractivity contribution in [2.45, 2.75) is 66.2 Å². The Balaban J connectivity index is 2.02. The van der Waals surface area contributed by atoms with Crippen molar-refractivity contribution in [1.29, 1.82) is 0 Å². The van der Waals surface area contributed by atoms with Crippen molar-refractivity contribution in [3.63, 3.8) is 0 Å². The number of rotatable bonds is 10. The lowest BCUT2D eigenvalue weighted by atomic mass is 9.88. The summed E-state index contributed by atoms with van der Waals surface area (Å²) in [6, 6.07) is 21.1. The van der Waals surface area contributed by atoms with Gasteiger partial charge in [0.1, 0.15) is 0 Å². The molecule has 2 heteroatoms. The Morgan fingerprint density at radius 1 is 0.500 bits per heavy atom. The minimum atomic E-state index is 0.854. The van der Waals surface area contributed by atoms with Crippen molar-refractivity contribution < 1.29 is 0 Å². The second-order valence-corrected chi connectivity index (χ2v) is 8.03. The molecular weight excluding hydrogens is 388 g/mol. The summed E-state index contributed by atoms with van der Waals surface area (Å²) in [5.74, 6) is 0. The van der Waals surface area contributed by atoms with Gasteiger partial charge in [-0.25, -0.2) is 0 Å². The van der Waals surface area contributed by atoms with Gasteiger partial charge in [-0.2, -0.15) is 0 Å². The number of hydrogen-bond donors (Lipinski definition) is 0. The average Bonchev–Trinajstić information content (AvgIpc) is 2.84. The van der Waals surface area contributed by atoms with Gasteiger partial charge in [-0.05, 0) is 59.1 Å². The van der Waals surface area contributed by atoms with E-state index in [1.54, 1.807) is 0 Å². The summed E-state index contributed by atoms with van der Waals surface area (Å²) in [5, 5.41) is 0. The zero-order chi connectivity index (χ0) is 22.8. The first kappa shape index (κ1) is 23.7. The highest BCUT2D eigenvalue weighted by Crippen LogP contribution is 2.40. The fraction of sp³-hybridized carbons (Fsp3) is 0.333. The SMILES string of the molecule is CCc1c(CC)c(N=CCc2ccccc2)c(CC)c(CC)c1N=CCc1ccccc1. The topological polar surface area (TPSA) is 24.7 Å². The molecule has 3 rings (SSSR count). The Morgan fingerprint density at radius 3 is 1.09 bits per heavy atom. The number of aliphatic imine (C=N–C) groups is 2. The molecule has 0 aromatic heterocycles. The fourth-order valence-electron chi connectivity index (χ4n) is 4.48. The van der Waals surface area contributed by atoms with Crippen LogP contribution in [0, 0.1) is 0 Å². The van der Waals surface area contributed by atoms with Crippen molar-refractivity contribution in [2.75, 3.05) is 0 Å². The zero-order valence-corrected chi connectivity index (χ0v) is 20.1. The largest absolute Gasteiger partial charge is 0.260 e. The van der Waals surface area contributed by atoms with Crippen LogP contribution in [-0.4, -0.2) is 12.4 Å². The third kappa shape index (κ3) is 5.62. The highest BCUT2D eigenvalue weighted by Gasteiger charge is 2.19. The van der Waals surface area contributed by atoms with Crippen LogP contribution in [0.25, 0.3) is 0 Å². The van der Waals surface area contributed by atoms with E-state index in [1.165, 1.54) is 44.8 Å². The fourth-order valence-corrected chi connectivity index (χ4v) is 4.48. The number of benzene rings is 3. The van der Waals surface area contributed by atoms with Crippen LogP contribution in [0.3, 0.4) is 0 Å². The molecule has 0 aliphatic heterocycles. The van der Waals surface area contributed by atoms with Crippen molar-refractivity contribution in [2.24, 2.45) is 9.98 Å². The Bertz CT molecular complexity index is 928. The van der Waals surface area contributed by atoms with Crippen LogP contribution < -0.4 is 0 Å². The lowest BCUT2D eigenvalue weighted by molar-refractivity contribution is 0.969. The smallest absolute Gasteiger partial charge is 0.0696 e. The van der Waals surface area contributed by atoms with Gasteiger partial charge in [0.25, 0.3) is 0 Å². The summed E-state index contributed by atoms with van der Waals surface area (Å²) in [7, 11) is 0. The second kappa shape index (κ2) is 12.1. The van der Waals surface area contributed by atoms with E-state index in [4.69, 9.17) is 9.98 Å². The lowest BCUT2D eigenvalue weighted by Crippen LogP contribution is -2.03. The van der Waals surface area contributed by atoms with Gasteiger partial charge >= 0.3 is 0 Å². The van der Waals surface area contributed by atoms with E-state index in [0.29, 0.717) is 0 Å². The maximum absolute atomic E-state index is 5.05. The summed E-state index contributed by atoms with van der Waals surface area (Å²) >= 11 is 0. The van der Waals surface area contributed by atoms with Gasteiger partial charge < -0.3 is 0 Å². The predicted octanol–water partition coefficient (Wildman–Crippen LogP) is 7.83. The highest BCUT2D eigenvalue weighted by molar-refractivity contribution is 5.78. The van der Waals surface area contributed by atoms with Crippen LogP contribution in [0.5, 0.6) is 0 Å². The summed E-state index contributed by atoms with van der Waals surface area (Å²) in [6.07, 6.45) is 9.76. The molecule has 32 heavy (non-hydrogen) atoms. The van der Waals surface area contributed by atoms with E-state index in [-0.39, 0.29) is 0 Å². The molecule has 0 unspecified atom stereocenters. The highest BCUT2D eigenvalue weighted by atomic mass is 14.8. The standard InChI is InChI=1S/C30H36N2/c1-5-25-26(6-2)30(32-22-20-24-17-13-10-14-18-24)28(8-4)27(7-3)29(25)31-21-19-23-15-11-9-12-16-23/h9-18,21-22H,5-8,19-20H2,1-4H3. The minimum Gasteiger partial charge on any atom is -0.260 e. The molecule has 0 atom stereocenters. The molecule has 0 aliphatic carbocycles. The van der Waals surface area contributed by atoms with Crippen molar-refractivity contribution in [3.05, 3.63) is 94.0 Å². The van der Waals surface area contributed by atoms with Gasteiger partial charge in [-0.3, -0.25) is 9.98 Å². The summed E-state index contributed by atoms with van der Waals surface area (Å²) in [5.41, 5.74) is 10.4. The van der Waals surface area contributed by atoms with E-state index in [2.05, 4.69) is 101 Å². The summed E-state index contributed by atoms with van der Waals surface area (Å²) in [4.78, 5) is 10.1. The van der Waals surface area contributed by atoms with Gasteiger partial charge in [-0.15, -0.1) is 0 Å². The molecule has 0 aliphatic rings. The minimum absolute atomic E-state index is 0.854. The van der Waals surface area contributed by atoms with Gasteiger partial charge in [0.2, 0.25) is 0 Å². The Hall–Kier alpha value is -3.00. The molecule has 0 radical (unpaired) electrons. The predicted molar refractivity (Wildman–Crippen MR) is 141 cm³/mol. The maximum Gasteiger partial charge on any atom is 0.0696 e. The van der Waals surface area contributed by atoms with E-state index in [1.807, 2.05) is 0 Å². The Morgan fingerprint density at radius 2 is 0.812 bits per heavy atom. The first-order chi connectivity index (χ1) is 15.7. The van der Waals surface area contributed by atoms with E-state index in [0.717, 1.165) is 38.5 Å². The van der Waals surface area contributed by atoms with Crippen molar-refractivity contribution >= 4 is 23.8 Å².